The molecular formula is C12H13ClFNO2. The van der Waals surface area contributed by atoms with E-state index in [1.54, 1.807) is 0 Å². The molecule has 2 rings (SSSR count). The maximum absolute atomic E-state index is 13.4. The fourth-order valence-electron chi connectivity index (χ4n) is 1.87. The zero-order valence-electron chi connectivity index (χ0n) is 9.21. The van der Waals surface area contributed by atoms with Gasteiger partial charge in [0.2, 0.25) is 0 Å². The molecule has 1 aliphatic rings. The first kappa shape index (κ1) is 12.3. The molecule has 1 N–H and O–H groups in total. The van der Waals surface area contributed by atoms with Crippen LogP contribution >= 0.6 is 11.6 Å². The molecule has 0 unspecified atom stereocenters. The second-order valence-electron chi connectivity index (χ2n) is 4.08. The summed E-state index contributed by atoms with van der Waals surface area (Å²) in [5, 5.41) is 0.260. The second-order valence-corrected chi connectivity index (χ2v) is 4.52. The number of benzene rings is 1. The van der Waals surface area contributed by atoms with Crippen LogP contribution in [-0.4, -0.2) is 12.0 Å². The monoisotopic (exact) mass is 257 g/mol. The number of nitrogens with one attached hydrogen (secondary N) is 1. The van der Waals surface area contributed by atoms with Crippen molar-refractivity contribution < 1.29 is 14.0 Å². The molecule has 0 radical (unpaired) electrons. The smallest absolute Gasteiger partial charge is 0.270 e. The van der Waals surface area contributed by atoms with E-state index in [0.29, 0.717) is 0 Å². The van der Waals surface area contributed by atoms with Crippen molar-refractivity contribution in [3.8, 4) is 0 Å². The van der Waals surface area contributed by atoms with E-state index in [1.165, 1.54) is 12.1 Å². The summed E-state index contributed by atoms with van der Waals surface area (Å²) in [6.45, 7) is 0. The van der Waals surface area contributed by atoms with Crippen LogP contribution in [0.4, 0.5) is 4.39 Å². The normalized spacial score (nSPS) is 16.1. The summed E-state index contributed by atoms with van der Waals surface area (Å²) in [6.07, 6.45) is 4.13. The average Bonchev–Trinajstić information content (AvgIpc) is 2.78. The average molecular weight is 258 g/mol. The molecule has 0 saturated heterocycles. The van der Waals surface area contributed by atoms with Crippen LogP contribution in [0.5, 0.6) is 0 Å². The quantitative estimate of drug-likeness (QED) is 0.845. The Bertz CT molecular complexity index is 419. The van der Waals surface area contributed by atoms with E-state index in [9.17, 15) is 9.18 Å². The molecule has 0 bridgehead atoms. The minimum atomic E-state index is -0.648. The maximum atomic E-state index is 13.4. The molecule has 17 heavy (non-hydrogen) atoms. The Balaban J connectivity index is 1.94. The number of carbonyl (C=O) groups is 1. The van der Waals surface area contributed by atoms with E-state index in [0.717, 1.165) is 31.7 Å². The molecule has 1 aromatic rings. The summed E-state index contributed by atoms with van der Waals surface area (Å²) >= 11 is 5.60. The van der Waals surface area contributed by atoms with Crippen LogP contribution in [0.15, 0.2) is 18.2 Å². The zero-order chi connectivity index (χ0) is 12.3. The standard InChI is InChI=1S/C12H13ClFNO2/c13-8-5-6-10(11(14)7-8)12(16)15-17-9-3-1-2-4-9/h5-7,9H,1-4H2,(H,15,16). The number of amides is 1. The second kappa shape index (κ2) is 5.47. The summed E-state index contributed by atoms with van der Waals surface area (Å²) in [5.41, 5.74) is 2.22. The fraction of sp³-hybridized carbons (Fsp3) is 0.417. The van der Waals surface area contributed by atoms with E-state index in [1.807, 2.05) is 0 Å². The molecular weight excluding hydrogens is 245 g/mol. The van der Waals surface area contributed by atoms with Crippen molar-refractivity contribution in [3.63, 3.8) is 0 Å². The van der Waals surface area contributed by atoms with Gasteiger partial charge in [-0.15, -0.1) is 0 Å². The highest BCUT2D eigenvalue weighted by atomic mass is 35.5. The molecule has 1 aliphatic carbocycles. The van der Waals surface area contributed by atoms with Crippen molar-refractivity contribution in [2.24, 2.45) is 0 Å². The van der Waals surface area contributed by atoms with Crippen LogP contribution in [0.3, 0.4) is 0 Å². The van der Waals surface area contributed by atoms with Gasteiger partial charge >= 0.3 is 0 Å². The molecule has 0 aliphatic heterocycles. The van der Waals surface area contributed by atoms with Gasteiger partial charge in [-0.25, -0.2) is 9.87 Å². The number of hydrogen-bond donors (Lipinski definition) is 1. The largest absolute Gasteiger partial charge is 0.277 e. The summed E-state index contributed by atoms with van der Waals surface area (Å²) in [5.74, 6) is -1.23. The van der Waals surface area contributed by atoms with Crippen molar-refractivity contribution >= 4 is 17.5 Å². The molecule has 5 heteroatoms. The van der Waals surface area contributed by atoms with Gasteiger partial charge in [-0.2, -0.15) is 0 Å². The first-order chi connectivity index (χ1) is 8.16. The molecule has 3 nitrogen and oxygen atoms in total. The van der Waals surface area contributed by atoms with Gasteiger partial charge in [0, 0.05) is 5.02 Å². The Morgan fingerprint density at radius 1 is 1.41 bits per heavy atom. The Labute approximate surface area is 104 Å². The van der Waals surface area contributed by atoms with Gasteiger partial charge in [0.1, 0.15) is 5.82 Å². The van der Waals surface area contributed by atoms with Gasteiger partial charge in [0.05, 0.1) is 11.7 Å². The van der Waals surface area contributed by atoms with Crippen molar-refractivity contribution in [1.29, 1.82) is 0 Å². The fourth-order valence-corrected chi connectivity index (χ4v) is 2.03. The van der Waals surface area contributed by atoms with E-state index in [2.05, 4.69) is 5.48 Å². The predicted molar refractivity (Wildman–Crippen MR) is 62.2 cm³/mol. The van der Waals surface area contributed by atoms with E-state index >= 15 is 0 Å². The molecule has 1 aromatic carbocycles. The van der Waals surface area contributed by atoms with Gasteiger partial charge in [-0.05, 0) is 31.0 Å². The Kier molecular flexibility index (Phi) is 3.97. The Morgan fingerprint density at radius 2 is 2.12 bits per heavy atom. The summed E-state index contributed by atoms with van der Waals surface area (Å²) < 4.78 is 13.4. The first-order valence-corrected chi connectivity index (χ1v) is 5.95. The van der Waals surface area contributed by atoms with Crippen LogP contribution in [0, 0.1) is 5.82 Å². The van der Waals surface area contributed by atoms with Gasteiger partial charge in [-0.3, -0.25) is 9.63 Å². The number of hydrogen-bond acceptors (Lipinski definition) is 2. The lowest BCUT2D eigenvalue weighted by atomic mass is 10.2. The van der Waals surface area contributed by atoms with E-state index in [4.69, 9.17) is 16.4 Å². The molecule has 0 heterocycles. The van der Waals surface area contributed by atoms with Crippen LogP contribution in [0.1, 0.15) is 36.0 Å². The van der Waals surface area contributed by atoms with Crippen LogP contribution < -0.4 is 5.48 Å². The minimum absolute atomic E-state index is 0.0503. The first-order valence-electron chi connectivity index (χ1n) is 5.58. The number of carbonyl (C=O) groups excluding carboxylic acids is 1. The van der Waals surface area contributed by atoms with Gasteiger partial charge in [-0.1, -0.05) is 24.4 Å². The highest BCUT2D eigenvalue weighted by Crippen LogP contribution is 2.20. The zero-order valence-corrected chi connectivity index (χ0v) is 9.97. The van der Waals surface area contributed by atoms with Crippen molar-refractivity contribution in [1.82, 2.24) is 5.48 Å². The van der Waals surface area contributed by atoms with Gasteiger partial charge < -0.3 is 0 Å². The van der Waals surface area contributed by atoms with Crippen LogP contribution in [0.2, 0.25) is 5.02 Å². The van der Waals surface area contributed by atoms with Crippen LogP contribution in [-0.2, 0) is 4.84 Å². The lowest BCUT2D eigenvalue weighted by Crippen LogP contribution is -2.28. The summed E-state index contributed by atoms with van der Waals surface area (Å²) in [7, 11) is 0. The number of rotatable bonds is 3. The minimum Gasteiger partial charge on any atom is -0.270 e. The maximum Gasteiger partial charge on any atom is 0.277 e. The predicted octanol–water partition coefficient (Wildman–Crippen LogP) is 3.08. The van der Waals surface area contributed by atoms with E-state index < -0.39 is 11.7 Å². The molecule has 0 spiro atoms. The highest BCUT2D eigenvalue weighted by molar-refractivity contribution is 6.30. The summed E-state index contributed by atoms with van der Waals surface area (Å²) in [4.78, 5) is 16.8. The summed E-state index contributed by atoms with van der Waals surface area (Å²) in [6, 6.07) is 3.91. The molecule has 0 aromatic heterocycles. The van der Waals surface area contributed by atoms with Gasteiger partial charge in [0.15, 0.2) is 0 Å². The SMILES string of the molecule is O=C(NOC1CCCC1)c1ccc(Cl)cc1F. The lowest BCUT2D eigenvalue weighted by Gasteiger charge is -2.11. The van der Waals surface area contributed by atoms with E-state index in [-0.39, 0.29) is 16.7 Å². The highest BCUT2D eigenvalue weighted by Gasteiger charge is 2.18. The third-order valence-electron chi connectivity index (χ3n) is 2.80. The third kappa shape index (κ3) is 3.17. The van der Waals surface area contributed by atoms with Gasteiger partial charge in [0.25, 0.3) is 5.91 Å². The molecule has 92 valence electrons. The van der Waals surface area contributed by atoms with Crippen LogP contribution in [0.25, 0.3) is 0 Å². The lowest BCUT2D eigenvalue weighted by molar-refractivity contribution is -0.0127. The number of hydroxylamine groups is 1. The van der Waals surface area contributed by atoms with Crippen molar-refractivity contribution in [2.45, 2.75) is 31.8 Å². The topological polar surface area (TPSA) is 38.3 Å². The molecule has 1 amide bonds. The molecule has 1 saturated carbocycles. The Hall–Kier alpha value is -1.13. The third-order valence-corrected chi connectivity index (χ3v) is 3.03. The number of halogens is 2. The van der Waals surface area contributed by atoms with Crippen molar-refractivity contribution in [2.75, 3.05) is 0 Å². The molecule has 1 fully saturated rings. The van der Waals surface area contributed by atoms with Crippen molar-refractivity contribution in [3.05, 3.63) is 34.6 Å². The molecule has 0 atom stereocenters. The Morgan fingerprint density at radius 3 is 2.76 bits per heavy atom.